The molecule has 5 amide bonds. The van der Waals surface area contributed by atoms with Crippen molar-refractivity contribution in [2.75, 3.05) is 76.6 Å². The van der Waals surface area contributed by atoms with Gasteiger partial charge in [0.1, 0.15) is 35.5 Å². The second-order valence-electron chi connectivity index (χ2n) is 17.5. The zero-order chi connectivity index (χ0) is 55.7. The first kappa shape index (κ1) is 59.9. The maximum Gasteiger partial charge on any atom is 0.411 e. The van der Waals surface area contributed by atoms with Gasteiger partial charge in [0.25, 0.3) is 10.0 Å². The van der Waals surface area contributed by atoms with Crippen LogP contribution in [0.25, 0.3) is 33.2 Å². The number of pyridine rings is 2. The molecule has 0 aliphatic carbocycles. The van der Waals surface area contributed by atoms with Crippen molar-refractivity contribution in [3.63, 3.8) is 0 Å². The van der Waals surface area contributed by atoms with Crippen molar-refractivity contribution < 1.29 is 60.1 Å². The summed E-state index contributed by atoms with van der Waals surface area (Å²) in [5.74, 6) is -2.09. The highest BCUT2D eigenvalue weighted by atomic mass is 32.2. The quantitative estimate of drug-likeness (QED) is 0.0217. The highest BCUT2D eigenvalue weighted by molar-refractivity contribution is 7.92. The van der Waals surface area contributed by atoms with Gasteiger partial charge >= 0.3 is 12.1 Å². The number of nitrogens with zero attached hydrogens (tertiary/aromatic N) is 6. The number of amides is 5. The molecule has 0 saturated carbocycles. The number of aromatic nitrogens is 4. The SMILES string of the molecule is CC(C)CC(=O)NC(C)CCCNC(N)=O.COCCOCCOCCN(CN(c1cc(-c2ccc3nccc(-c4ccnnc4)c3c2)cnc1OC)S(=O)(=O)c1ccc(F)cc1F)C(=O)OCc1ccc(NC=O)cc1. The third kappa shape index (κ3) is 18.7. The molecule has 0 bridgehead atoms. The molecule has 5 N–H and O–H groups in total. The normalized spacial score (nSPS) is 11.5. The highest BCUT2D eigenvalue weighted by Gasteiger charge is 2.34. The lowest BCUT2D eigenvalue weighted by Gasteiger charge is -2.31. The predicted molar refractivity (Wildman–Crippen MR) is 284 cm³/mol. The van der Waals surface area contributed by atoms with Crippen molar-refractivity contribution in [1.82, 2.24) is 35.7 Å². The molecule has 0 spiro atoms. The van der Waals surface area contributed by atoms with E-state index in [0.717, 1.165) is 50.7 Å². The summed E-state index contributed by atoms with van der Waals surface area (Å²) in [5, 5.41) is 16.6. The molecule has 21 nitrogen and oxygen atoms in total. The van der Waals surface area contributed by atoms with Gasteiger partial charge in [0.05, 0.1) is 58.1 Å². The minimum atomic E-state index is -4.97. The lowest BCUT2D eigenvalue weighted by atomic mass is 9.99. The Bertz CT molecular complexity index is 2980. The van der Waals surface area contributed by atoms with Gasteiger partial charge in [-0.2, -0.15) is 10.2 Å². The summed E-state index contributed by atoms with van der Waals surface area (Å²) < 4.78 is 87.1. The summed E-state index contributed by atoms with van der Waals surface area (Å²) in [6.07, 6.45) is 8.10. The van der Waals surface area contributed by atoms with Crippen LogP contribution in [0, 0.1) is 17.6 Å². The van der Waals surface area contributed by atoms with Crippen LogP contribution >= 0.6 is 0 Å². The van der Waals surface area contributed by atoms with Crippen molar-refractivity contribution in [1.29, 1.82) is 0 Å². The van der Waals surface area contributed by atoms with E-state index >= 15 is 4.39 Å². The summed E-state index contributed by atoms with van der Waals surface area (Å²) in [5.41, 5.74) is 9.09. The molecule has 3 heterocycles. The minimum absolute atomic E-state index is 0.0883. The number of halogens is 2. The van der Waals surface area contributed by atoms with Crippen molar-refractivity contribution in [2.24, 2.45) is 11.7 Å². The Kier molecular flexibility index (Phi) is 23.8. The number of urea groups is 1. The fraction of sp³-hybridized carbons (Fsp3) is 0.358. The summed E-state index contributed by atoms with van der Waals surface area (Å²) in [7, 11) is -2.16. The van der Waals surface area contributed by atoms with E-state index in [9.17, 15) is 32.0 Å². The van der Waals surface area contributed by atoms with Crippen molar-refractivity contribution in [3.8, 4) is 28.1 Å². The lowest BCUT2D eigenvalue weighted by molar-refractivity contribution is -0.122. The van der Waals surface area contributed by atoms with Crippen LogP contribution < -0.4 is 30.7 Å². The average molecular weight is 1090 g/mol. The first-order valence-electron chi connectivity index (χ1n) is 24.4. The standard InChI is InChI=1S/C42H41F2N7O9S.C11H23N3O2/c1-56-17-18-59-20-19-58-16-15-50(42(53)60-26-29-3-7-34(8-4-29)47-27-52)28-51(61(54,55)40-10-6-33(43)23-37(40)44)39-22-32(24-46-41(39)57-2)30-5-9-38-36(21-30)35(12-13-45-38)31-11-14-48-49-25-31;1-8(2)7-10(15)14-9(3)5-4-6-13-11(12)16/h3-14,21-25,27H,15-20,26,28H2,1-2H3,(H,47,52);8-9H,4-7H2,1-3H3,(H,14,15)(H3,12,13,16). The van der Waals surface area contributed by atoms with Crippen LogP contribution in [0.1, 0.15) is 45.6 Å². The zero-order valence-corrected chi connectivity index (χ0v) is 44.3. The van der Waals surface area contributed by atoms with Gasteiger partial charge in [0, 0.05) is 73.3 Å². The number of rotatable bonds is 28. The van der Waals surface area contributed by atoms with Crippen molar-refractivity contribution >= 4 is 56.7 Å². The molecular weight excluding hydrogens is 1020 g/mol. The van der Waals surface area contributed by atoms with Gasteiger partial charge in [-0.1, -0.05) is 32.0 Å². The fourth-order valence-corrected chi connectivity index (χ4v) is 8.92. The second kappa shape index (κ2) is 30.6. The Morgan fingerprint density at radius 2 is 1.57 bits per heavy atom. The maximum atomic E-state index is 15.5. The van der Waals surface area contributed by atoms with E-state index in [1.807, 2.05) is 32.9 Å². The van der Waals surface area contributed by atoms with Gasteiger partial charge in [-0.25, -0.2) is 36.1 Å². The molecule has 77 heavy (non-hydrogen) atoms. The second-order valence-corrected chi connectivity index (χ2v) is 19.4. The van der Waals surface area contributed by atoms with Crippen LogP contribution in [0.4, 0.5) is 29.7 Å². The van der Waals surface area contributed by atoms with Crippen LogP contribution in [0.3, 0.4) is 0 Å². The Morgan fingerprint density at radius 3 is 2.25 bits per heavy atom. The number of sulfonamides is 1. The van der Waals surface area contributed by atoms with Gasteiger partial charge in [0.2, 0.25) is 18.2 Å². The largest absolute Gasteiger partial charge is 0.479 e. The fourth-order valence-electron chi connectivity index (χ4n) is 7.46. The Morgan fingerprint density at radius 1 is 0.818 bits per heavy atom. The summed E-state index contributed by atoms with van der Waals surface area (Å²) in [6, 6.07) is 18.7. The third-order valence-corrected chi connectivity index (χ3v) is 13.0. The topological polar surface area (TPSA) is 269 Å². The molecule has 0 radical (unpaired) electrons. The third-order valence-electron chi connectivity index (χ3n) is 11.2. The molecule has 0 fully saturated rings. The summed E-state index contributed by atoms with van der Waals surface area (Å²) in [6.45, 7) is 6.31. The molecule has 24 heteroatoms. The number of carbonyl (C=O) groups excluding carboxylic acids is 4. The van der Waals surface area contributed by atoms with Crippen LogP contribution in [0.2, 0.25) is 0 Å². The summed E-state index contributed by atoms with van der Waals surface area (Å²) >= 11 is 0. The highest BCUT2D eigenvalue weighted by Crippen LogP contribution is 2.37. The van der Waals surface area contributed by atoms with Crippen LogP contribution in [0.5, 0.6) is 5.88 Å². The van der Waals surface area contributed by atoms with Crippen LogP contribution in [0.15, 0.2) is 109 Å². The molecule has 6 rings (SSSR count). The van der Waals surface area contributed by atoms with E-state index in [4.69, 9.17) is 29.4 Å². The van der Waals surface area contributed by atoms with Crippen LogP contribution in [-0.2, 0) is 45.2 Å². The lowest BCUT2D eigenvalue weighted by Crippen LogP contribution is -2.46. The number of hydrogen-bond donors (Lipinski definition) is 4. The van der Waals surface area contributed by atoms with E-state index in [-0.39, 0.29) is 56.5 Å². The van der Waals surface area contributed by atoms with E-state index in [1.165, 1.54) is 19.4 Å². The predicted octanol–water partition coefficient (Wildman–Crippen LogP) is 7.07. The van der Waals surface area contributed by atoms with Crippen molar-refractivity contribution in [2.45, 2.75) is 57.6 Å². The number of anilines is 2. The number of hydrogen-bond acceptors (Lipinski definition) is 15. The van der Waals surface area contributed by atoms with Gasteiger partial charge in [-0.3, -0.25) is 19.5 Å². The molecule has 1 unspecified atom stereocenters. The number of ether oxygens (including phenoxy) is 5. The number of fused-ring (bicyclic) bond motifs is 1. The molecular formula is C53H64F2N10O11S. The van der Waals surface area contributed by atoms with E-state index < -0.39 is 45.3 Å². The molecule has 1 atom stereocenters. The van der Waals surface area contributed by atoms with E-state index in [1.54, 1.807) is 68.2 Å². The molecule has 3 aromatic heterocycles. The van der Waals surface area contributed by atoms with E-state index in [2.05, 4.69) is 36.1 Å². The number of nitrogens with two attached hydrogens (primary N) is 1. The Hall–Kier alpha value is -7.93. The van der Waals surface area contributed by atoms with Gasteiger partial charge in [0.15, 0.2) is 0 Å². The molecule has 3 aromatic carbocycles. The number of methoxy groups -OCH3 is 2. The van der Waals surface area contributed by atoms with Gasteiger partial charge in [-0.15, -0.1) is 0 Å². The van der Waals surface area contributed by atoms with Gasteiger partial charge in [-0.05, 0) is 97.0 Å². The number of nitrogens with one attached hydrogen (secondary N) is 3. The number of carbonyl (C=O) groups is 4. The summed E-state index contributed by atoms with van der Waals surface area (Å²) in [4.78, 5) is 55.7. The average Bonchev–Trinajstić information content (AvgIpc) is 3.41. The van der Waals surface area contributed by atoms with E-state index in [0.29, 0.717) is 72.5 Å². The van der Waals surface area contributed by atoms with Gasteiger partial charge < -0.3 is 45.4 Å². The maximum absolute atomic E-state index is 15.5. The molecule has 0 aliphatic heterocycles. The Balaban J connectivity index is 0.000000590. The molecule has 6 aromatic rings. The smallest absolute Gasteiger partial charge is 0.411 e. The first-order valence-corrected chi connectivity index (χ1v) is 25.8. The van der Waals surface area contributed by atoms with Crippen molar-refractivity contribution in [3.05, 3.63) is 121 Å². The molecule has 0 saturated heterocycles. The zero-order valence-electron chi connectivity index (χ0n) is 43.4. The molecule has 0 aliphatic rings. The Labute approximate surface area is 445 Å². The minimum Gasteiger partial charge on any atom is -0.479 e. The number of primary amides is 1. The molecule has 412 valence electrons. The first-order chi connectivity index (χ1) is 37.0. The number of benzene rings is 3. The monoisotopic (exact) mass is 1090 g/mol. The van der Waals surface area contributed by atoms with Crippen LogP contribution in [-0.4, -0.2) is 131 Å².